The van der Waals surface area contributed by atoms with Gasteiger partial charge in [0.2, 0.25) is 0 Å². The lowest BCUT2D eigenvalue weighted by atomic mass is 10.1. The zero-order valence-electron chi connectivity index (χ0n) is 20.2. The Kier molecular flexibility index (Phi) is 8.80. The number of nitrogens with one attached hydrogen (secondary N) is 1. The van der Waals surface area contributed by atoms with Gasteiger partial charge in [0.05, 0.1) is 23.9 Å². The number of hydrogen-bond donors (Lipinski definition) is 1. The van der Waals surface area contributed by atoms with Gasteiger partial charge < -0.3 is 9.47 Å². The second kappa shape index (κ2) is 12.0. The number of hydrogen-bond acceptors (Lipinski definition) is 7. The van der Waals surface area contributed by atoms with Gasteiger partial charge in [0.15, 0.2) is 6.61 Å². The Hall–Kier alpha value is -4.18. The summed E-state index contributed by atoms with van der Waals surface area (Å²) >= 11 is 0. The molecule has 0 radical (unpaired) electrons. The van der Waals surface area contributed by atoms with Crippen LogP contribution >= 0.6 is 0 Å². The van der Waals surface area contributed by atoms with E-state index in [1.807, 2.05) is 19.9 Å². The van der Waals surface area contributed by atoms with E-state index in [-0.39, 0.29) is 11.5 Å². The first kappa shape index (κ1) is 26.4. The molecule has 0 aliphatic heterocycles. The lowest BCUT2D eigenvalue weighted by Gasteiger charge is -2.24. The Bertz CT molecular complexity index is 1340. The second-order valence-electron chi connectivity index (χ2n) is 7.90. The summed E-state index contributed by atoms with van der Waals surface area (Å²) in [6.45, 7) is 3.01. The number of aryl methyl sites for hydroxylation is 2. The van der Waals surface area contributed by atoms with Gasteiger partial charge in [0.25, 0.3) is 15.9 Å². The highest BCUT2D eigenvalue weighted by Gasteiger charge is 2.27. The second-order valence-corrected chi connectivity index (χ2v) is 9.76. The van der Waals surface area contributed by atoms with E-state index in [2.05, 4.69) is 15.3 Å². The van der Waals surface area contributed by atoms with Gasteiger partial charge in [0.1, 0.15) is 12.3 Å². The Morgan fingerprint density at radius 1 is 0.972 bits per heavy atom. The minimum absolute atomic E-state index is 0.0734. The van der Waals surface area contributed by atoms with Crippen molar-refractivity contribution in [2.24, 2.45) is 5.10 Å². The molecule has 3 rings (SSSR count). The van der Waals surface area contributed by atoms with E-state index in [4.69, 9.17) is 4.74 Å². The smallest absolute Gasteiger partial charge is 0.343 e. The maximum absolute atomic E-state index is 13.4. The molecular formula is C26H27N3O6S. The number of ether oxygens (including phenoxy) is 2. The maximum atomic E-state index is 13.4. The Balaban J connectivity index is 1.76. The number of hydrazone groups is 1. The number of carbonyl (C=O) groups excluding carboxylic acids is 2. The van der Waals surface area contributed by atoms with Crippen LogP contribution in [0.15, 0.2) is 82.8 Å². The first-order valence-corrected chi connectivity index (χ1v) is 12.4. The summed E-state index contributed by atoms with van der Waals surface area (Å²) in [5.41, 5.74) is 5.08. The third kappa shape index (κ3) is 7.16. The maximum Gasteiger partial charge on any atom is 0.343 e. The van der Waals surface area contributed by atoms with Crippen molar-refractivity contribution in [3.8, 4) is 5.75 Å². The first-order valence-electron chi connectivity index (χ1n) is 11.0. The van der Waals surface area contributed by atoms with Crippen molar-refractivity contribution < 1.29 is 27.5 Å². The van der Waals surface area contributed by atoms with Crippen LogP contribution in [-0.2, 0) is 24.3 Å². The van der Waals surface area contributed by atoms with Crippen molar-refractivity contribution in [3.63, 3.8) is 0 Å². The Labute approximate surface area is 210 Å². The third-order valence-corrected chi connectivity index (χ3v) is 6.75. The lowest BCUT2D eigenvalue weighted by molar-refractivity contribution is -0.142. The van der Waals surface area contributed by atoms with E-state index in [0.717, 1.165) is 15.4 Å². The largest absolute Gasteiger partial charge is 0.482 e. The quantitative estimate of drug-likeness (QED) is 0.255. The molecule has 0 spiro atoms. The first-order chi connectivity index (χ1) is 17.2. The standard InChI is InChI=1S/C26H27N3O6S/c1-19-12-20(2)14-22(13-19)29(36(32,33)24-10-5-4-6-11-24)17-25(30)28-27-16-21-8-7-9-23(15-21)35-18-26(31)34-3/h4-16H,17-18H2,1-3H3,(H,28,30)/b27-16-. The number of anilines is 1. The monoisotopic (exact) mass is 509 g/mol. The molecule has 188 valence electrons. The number of carbonyl (C=O) groups is 2. The summed E-state index contributed by atoms with van der Waals surface area (Å²) in [6, 6.07) is 20.0. The van der Waals surface area contributed by atoms with Gasteiger partial charge in [-0.2, -0.15) is 5.10 Å². The molecule has 0 fully saturated rings. The zero-order valence-corrected chi connectivity index (χ0v) is 21.0. The van der Waals surface area contributed by atoms with Crippen LogP contribution in [0.25, 0.3) is 0 Å². The molecule has 0 atom stereocenters. The predicted octanol–water partition coefficient (Wildman–Crippen LogP) is 3.20. The predicted molar refractivity (Wildman–Crippen MR) is 137 cm³/mol. The van der Waals surface area contributed by atoms with Gasteiger partial charge in [0, 0.05) is 0 Å². The summed E-state index contributed by atoms with van der Waals surface area (Å²) in [5.74, 6) is -0.714. The molecular weight excluding hydrogens is 482 g/mol. The topological polar surface area (TPSA) is 114 Å². The molecule has 0 unspecified atom stereocenters. The van der Waals surface area contributed by atoms with Crippen molar-refractivity contribution in [2.45, 2.75) is 18.7 Å². The summed E-state index contributed by atoms with van der Waals surface area (Å²) in [7, 11) is -2.75. The van der Waals surface area contributed by atoms with E-state index >= 15 is 0 Å². The molecule has 0 saturated heterocycles. The van der Waals surface area contributed by atoms with Crippen LogP contribution in [-0.4, -0.2) is 46.8 Å². The summed E-state index contributed by atoms with van der Waals surface area (Å²) in [6.07, 6.45) is 1.38. The minimum atomic E-state index is -4.01. The van der Waals surface area contributed by atoms with E-state index in [1.165, 1.54) is 25.5 Å². The van der Waals surface area contributed by atoms with Crippen molar-refractivity contribution in [2.75, 3.05) is 24.6 Å². The molecule has 36 heavy (non-hydrogen) atoms. The van der Waals surface area contributed by atoms with Gasteiger partial charge in [-0.05, 0) is 66.9 Å². The van der Waals surface area contributed by atoms with Crippen molar-refractivity contribution in [3.05, 3.63) is 89.5 Å². The van der Waals surface area contributed by atoms with Crippen molar-refractivity contribution >= 4 is 33.8 Å². The number of esters is 1. The van der Waals surface area contributed by atoms with Crippen molar-refractivity contribution in [1.29, 1.82) is 0 Å². The average Bonchev–Trinajstić information content (AvgIpc) is 2.86. The number of methoxy groups -OCH3 is 1. The highest BCUT2D eigenvalue weighted by molar-refractivity contribution is 7.92. The average molecular weight is 510 g/mol. The molecule has 0 bridgehead atoms. The van der Waals surface area contributed by atoms with E-state index in [9.17, 15) is 18.0 Å². The SMILES string of the molecule is COC(=O)COc1cccc(/C=N\NC(=O)CN(c2cc(C)cc(C)c2)S(=O)(=O)c2ccccc2)c1. The normalized spacial score (nSPS) is 11.2. The molecule has 9 nitrogen and oxygen atoms in total. The van der Waals surface area contributed by atoms with Crippen LogP contribution in [0.2, 0.25) is 0 Å². The van der Waals surface area contributed by atoms with Gasteiger partial charge in [-0.25, -0.2) is 18.6 Å². The van der Waals surface area contributed by atoms with Gasteiger partial charge in [-0.3, -0.25) is 9.10 Å². The fraction of sp³-hybridized carbons (Fsp3) is 0.192. The molecule has 10 heteroatoms. The van der Waals surface area contributed by atoms with Gasteiger partial charge in [-0.15, -0.1) is 0 Å². The molecule has 0 aromatic heterocycles. The van der Waals surface area contributed by atoms with E-state index < -0.39 is 28.4 Å². The minimum Gasteiger partial charge on any atom is -0.482 e. The highest BCUT2D eigenvalue weighted by atomic mass is 32.2. The number of amides is 1. The molecule has 3 aromatic carbocycles. The van der Waals surface area contributed by atoms with Crippen LogP contribution in [0, 0.1) is 13.8 Å². The highest BCUT2D eigenvalue weighted by Crippen LogP contribution is 2.25. The number of sulfonamides is 1. The molecule has 1 amide bonds. The summed E-state index contributed by atoms with van der Waals surface area (Å²) in [5, 5.41) is 3.94. The summed E-state index contributed by atoms with van der Waals surface area (Å²) in [4.78, 5) is 24.0. The van der Waals surface area contributed by atoms with E-state index in [0.29, 0.717) is 17.0 Å². The summed E-state index contributed by atoms with van der Waals surface area (Å²) < 4.78 is 37.8. The van der Waals surface area contributed by atoms with Crippen LogP contribution < -0.4 is 14.5 Å². The van der Waals surface area contributed by atoms with E-state index in [1.54, 1.807) is 54.6 Å². The number of benzene rings is 3. The molecule has 0 aliphatic carbocycles. The number of nitrogens with zero attached hydrogens (tertiary/aromatic N) is 2. The molecule has 0 saturated carbocycles. The van der Waals surface area contributed by atoms with Crippen LogP contribution in [0.1, 0.15) is 16.7 Å². The fourth-order valence-electron chi connectivity index (χ4n) is 3.36. The Morgan fingerprint density at radius 3 is 2.33 bits per heavy atom. The zero-order chi connectivity index (χ0) is 26.1. The molecule has 1 N–H and O–H groups in total. The van der Waals surface area contributed by atoms with Gasteiger partial charge in [-0.1, -0.05) is 36.4 Å². The van der Waals surface area contributed by atoms with Crippen LogP contribution in [0.4, 0.5) is 5.69 Å². The lowest BCUT2D eigenvalue weighted by Crippen LogP contribution is -2.39. The van der Waals surface area contributed by atoms with Crippen LogP contribution in [0.3, 0.4) is 0 Å². The fourth-order valence-corrected chi connectivity index (χ4v) is 4.79. The third-order valence-electron chi connectivity index (χ3n) is 4.96. The molecule has 0 heterocycles. The Morgan fingerprint density at radius 2 is 1.67 bits per heavy atom. The van der Waals surface area contributed by atoms with Crippen molar-refractivity contribution in [1.82, 2.24) is 5.43 Å². The van der Waals surface area contributed by atoms with Gasteiger partial charge >= 0.3 is 5.97 Å². The molecule has 3 aromatic rings. The van der Waals surface area contributed by atoms with Crippen LogP contribution in [0.5, 0.6) is 5.75 Å². The molecule has 0 aliphatic rings. The number of rotatable bonds is 10.